The molecule has 0 fully saturated rings. The predicted octanol–water partition coefficient (Wildman–Crippen LogP) is 4.02. The van der Waals surface area contributed by atoms with Gasteiger partial charge in [0.05, 0.1) is 5.52 Å². The summed E-state index contributed by atoms with van der Waals surface area (Å²) in [6, 6.07) is 8.69. The second kappa shape index (κ2) is 4.81. The highest BCUT2D eigenvalue weighted by molar-refractivity contribution is 5.85. The molecule has 1 heterocycles. The Hall–Kier alpha value is -1.83. The molecule has 1 aromatic carbocycles. The van der Waals surface area contributed by atoms with Crippen LogP contribution >= 0.6 is 0 Å². The quantitative estimate of drug-likeness (QED) is 0.873. The lowest BCUT2D eigenvalue weighted by atomic mass is 10.0. The van der Waals surface area contributed by atoms with Gasteiger partial charge in [-0.1, -0.05) is 19.1 Å². The Bertz CT molecular complexity index is 599. The molecule has 0 aliphatic heterocycles. The van der Waals surface area contributed by atoms with E-state index in [1.807, 2.05) is 0 Å². The van der Waals surface area contributed by atoms with Crippen LogP contribution < -0.4 is 5.32 Å². The van der Waals surface area contributed by atoms with Gasteiger partial charge in [-0.25, -0.2) is 0 Å². The minimum Gasteiger partial charge on any atom is -0.385 e. The molecule has 0 radical (unpaired) electrons. The van der Waals surface area contributed by atoms with Crippen LogP contribution in [-0.4, -0.2) is 11.5 Å². The number of aryl methyl sites for hydroxylation is 1. The van der Waals surface area contributed by atoms with Crippen LogP contribution in [0.25, 0.3) is 17.0 Å². The van der Waals surface area contributed by atoms with Crippen molar-refractivity contribution in [3.8, 4) is 0 Å². The molecular formula is C16H18N2. The largest absolute Gasteiger partial charge is 0.385 e. The predicted molar refractivity (Wildman–Crippen MR) is 77.9 cm³/mol. The number of pyridine rings is 1. The van der Waals surface area contributed by atoms with Crippen molar-refractivity contribution < 1.29 is 0 Å². The first-order valence-electron chi connectivity index (χ1n) is 6.71. The second-order valence-corrected chi connectivity index (χ2v) is 4.80. The lowest BCUT2D eigenvalue weighted by Gasteiger charge is -2.12. The third-order valence-corrected chi connectivity index (χ3v) is 3.35. The van der Waals surface area contributed by atoms with E-state index < -0.39 is 0 Å². The van der Waals surface area contributed by atoms with Crippen molar-refractivity contribution >= 4 is 22.7 Å². The molecule has 3 rings (SSSR count). The van der Waals surface area contributed by atoms with Crippen molar-refractivity contribution in [3.05, 3.63) is 41.6 Å². The van der Waals surface area contributed by atoms with Gasteiger partial charge in [-0.15, -0.1) is 0 Å². The summed E-state index contributed by atoms with van der Waals surface area (Å²) in [5.74, 6) is 0. The number of aromatic nitrogens is 1. The number of fused-ring (bicyclic) bond motifs is 2. The Morgan fingerprint density at radius 2 is 2.22 bits per heavy atom. The summed E-state index contributed by atoms with van der Waals surface area (Å²) in [6.45, 7) is 3.19. The van der Waals surface area contributed by atoms with Gasteiger partial charge in [-0.2, -0.15) is 0 Å². The van der Waals surface area contributed by atoms with Crippen molar-refractivity contribution in [2.75, 3.05) is 11.9 Å². The van der Waals surface area contributed by atoms with Gasteiger partial charge in [0.2, 0.25) is 0 Å². The second-order valence-electron chi connectivity index (χ2n) is 4.80. The maximum atomic E-state index is 4.76. The van der Waals surface area contributed by atoms with Crippen molar-refractivity contribution in [2.45, 2.75) is 26.2 Å². The van der Waals surface area contributed by atoms with E-state index in [1.165, 1.54) is 22.3 Å². The van der Waals surface area contributed by atoms with Crippen molar-refractivity contribution in [1.82, 2.24) is 4.98 Å². The number of nitrogens with one attached hydrogen (secondary N) is 1. The fourth-order valence-electron chi connectivity index (χ4n) is 2.39. The van der Waals surface area contributed by atoms with Crippen LogP contribution in [0, 0.1) is 0 Å². The van der Waals surface area contributed by atoms with Crippen LogP contribution in [0.4, 0.5) is 5.69 Å². The minimum absolute atomic E-state index is 1.02. The Balaban J connectivity index is 2.03. The summed E-state index contributed by atoms with van der Waals surface area (Å²) in [6.07, 6.45) is 7.74. The summed E-state index contributed by atoms with van der Waals surface area (Å²) in [7, 11) is 0. The van der Waals surface area contributed by atoms with Crippen LogP contribution in [0.2, 0.25) is 0 Å². The summed E-state index contributed by atoms with van der Waals surface area (Å²) < 4.78 is 0. The standard InChI is InChI=1S/C16H18N2/c1-2-9-17-14-7-8-16-13(11-14)10-12-5-3-4-6-15(12)18-16/h3,5,7-8,10-11,17H,2,4,6,9H2,1H3. The molecule has 0 amide bonds. The van der Waals surface area contributed by atoms with E-state index in [0.717, 1.165) is 31.3 Å². The Morgan fingerprint density at radius 1 is 1.28 bits per heavy atom. The lowest BCUT2D eigenvalue weighted by molar-refractivity contribution is 0.938. The maximum absolute atomic E-state index is 4.76. The summed E-state index contributed by atoms with van der Waals surface area (Å²) in [5, 5.41) is 4.64. The van der Waals surface area contributed by atoms with Crippen molar-refractivity contribution in [3.63, 3.8) is 0 Å². The van der Waals surface area contributed by atoms with Crippen LogP contribution in [0.1, 0.15) is 31.0 Å². The average Bonchev–Trinajstić information content (AvgIpc) is 2.42. The van der Waals surface area contributed by atoms with Gasteiger partial charge in [0.1, 0.15) is 0 Å². The first-order valence-corrected chi connectivity index (χ1v) is 6.71. The van der Waals surface area contributed by atoms with E-state index in [1.54, 1.807) is 0 Å². The molecule has 0 atom stereocenters. The molecule has 0 bridgehead atoms. The molecule has 92 valence electrons. The van der Waals surface area contributed by atoms with E-state index in [0.29, 0.717) is 0 Å². The third kappa shape index (κ3) is 2.10. The maximum Gasteiger partial charge on any atom is 0.0707 e. The van der Waals surface area contributed by atoms with Gasteiger partial charge in [0.15, 0.2) is 0 Å². The molecule has 1 N–H and O–H groups in total. The highest BCUT2D eigenvalue weighted by atomic mass is 14.9. The number of rotatable bonds is 3. The first-order chi connectivity index (χ1) is 8.86. The number of hydrogen-bond donors (Lipinski definition) is 1. The van der Waals surface area contributed by atoms with Crippen LogP contribution in [0.5, 0.6) is 0 Å². The van der Waals surface area contributed by atoms with Crippen LogP contribution in [-0.2, 0) is 6.42 Å². The number of allylic oxidation sites excluding steroid dienone is 1. The van der Waals surface area contributed by atoms with Gasteiger partial charge in [0, 0.05) is 23.3 Å². The monoisotopic (exact) mass is 238 g/mol. The highest BCUT2D eigenvalue weighted by Crippen LogP contribution is 2.24. The minimum atomic E-state index is 1.02. The van der Waals surface area contributed by atoms with Gasteiger partial charge in [-0.3, -0.25) is 4.98 Å². The van der Waals surface area contributed by atoms with Crippen LogP contribution in [0.3, 0.4) is 0 Å². The molecule has 0 saturated carbocycles. The number of nitrogens with zero attached hydrogens (tertiary/aromatic N) is 1. The van der Waals surface area contributed by atoms with Crippen LogP contribution in [0.15, 0.2) is 30.3 Å². The van der Waals surface area contributed by atoms with E-state index in [4.69, 9.17) is 4.98 Å². The zero-order valence-corrected chi connectivity index (χ0v) is 10.7. The van der Waals surface area contributed by atoms with Gasteiger partial charge >= 0.3 is 0 Å². The van der Waals surface area contributed by atoms with Gasteiger partial charge in [-0.05, 0) is 49.1 Å². The number of benzene rings is 1. The molecule has 2 aromatic rings. The fourth-order valence-corrected chi connectivity index (χ4v) is 2.39. The number of hydrogen-bond acceptors (Lipinski definition) is 2. The Kier molecular flexibility index (Phi) is 3.01. The van der Waals surface area contributed by atoms with Gasteiger partial charge < -0.3 is 5.32 Å². The molecule has 1 aromatic heterocycles. The first kappa shape index (κ1) is 11.3. The molecule has 0 saturated heterocycles. The van der Waals surface area contributed by atoms with E-state index >= 15 is 0 Å². The van der Waals surface area contributed by atoms with Crippen molar-refractivity contribution in [2.24, 2.45) is 0 Å². The zero-order chi connectivity index (χ0) is 12.4. The fraction of sp³-hybridized carbons (Fsp3) is 0.312. The SMILES string of the molecule is CCCNc1ccc2nc3c(cc2c1)C=CCC3. The van der Waals surface area contributed by atoms with E-state index in [-0.39, 0.29) is 0 Å². The summed E-state index contributed by atoms with van der Waals surface area (Å²) in [5.41, 5.74) is 4.80. The number of anilines is 1. The summed E-state index contributed by atoms with van der Waals surface area (Å²) >= 11 is 0. The molecule has 18 heavy (non-hydrogen) atoms. The lowest BCUT2D eigenvalue weighted by Crippen LogP contribution is -2.01. The van der Waals surface area contributed by atoms with E-state index in [9.17, 15) is 0 Å². The smallest absolute Gasteiger partial charge is 0.0707 e. The Labute approximate surface area is 108 Å². The summed E-state index contributed by atoms with van der Waals surface area (Å²) in [4.78, 5) is 4.76. The zero-order valence-electron chi connectivity index (χ0n) is 10.7. The molecule has 0 unspecified atom stereocenters. The molecule has 1 aliphatic rings. The topological polar surface area (TPSA) is 24.9 Å². The molecular weight excluding hydrogens is 220 g/mol. The molecule has 0 spiro atoms. The highest BCUT2D eigenvalue weighted by Gasteiger charge is 2.08. The van der Waals surface area contributed by atoms with Crippen molar-refractivity contribution in [1.29, 1.82) is 0 Å². The molecule has 2 heteroatoms. The average molecular weight is 238 g/mol. The molecule has 2 nitrogen and oxygen atoms in total. The Morgan fingerprint density at radius 3 is 3.11 bits per heavy atom. The van der Waals surface area contributed by atoms with Gasteiger partial charge in [0.25, 0.3) is 0 Å². The van der Waals surface area contributed by atoms with E-state index in [2.05, 4.69) is 48.7 Å². The third-order valence-electron chi connectivity index (χ3n) is 3.35. The molecule has 1 aliphatic carbocycles. The normalized spacial score (nSPS) is 13.6.